The number of piperidine rings is 4. The lowest BCUT2D eigenvalue weighted by Crippen LogP contribution is -2.57. The molecule has 8 aromatic rings. The summed E-state index contributed by atoms with van der Waals surface area (Å²) >= 11 is 12.5. The van der Waals surface area contributed by atoms with Crippen molar-refractivity contribution in [2.75, 3.05) is 105 Å². The van der Waals surface area contributed by atoms with E-state index in [0.29, 0.717) is 120 Å². The van der Waals surface area contributed by atoms with Crippen molar-refractivity contribution in [3.05, 3.63) is 246 Å². The molecular formula is C114H138Cl2N12O14. The third-order valence-electron chi connectivity index (χ3n) is 32.5. The summed E-state index contributed by atoms with van der Waals surface area (Å²) in [5.41, 5.74) is 18.2. The number of aliphatic carboxylic acids is 4. The number of ether oxygens (including phenoxy) is 2. The van der Waals surface area contributed by atoms with Gasteiger partial charge in [0.05, 0.1) is 35.9 Å². The number of carboxylic acid groups (broad SMARTS) is 4. The van der Waals surface area contributed by atoms with Crippen LogP contribution in [0.1, 0.15) is 243 Å². The molecule has 12 heterocycles. The second kappa shape index (κ2) is 46.1. The van der Waals surface area contributed by atoms with Crippen molar-refractivity contribution in [3.63, 3.8) is 0 Å². The van der Waals surface area contributed by atoms with Crippen LogP contribution in [0.25, 0.3) is 0 Å². The van der Waals surface area contributed by atoms with E-state index >= 15 is 0 Å². The van der Waals surface area contributed by atoms with E-state index in [-0.39, 0.29) is 59.5 Å². The first-order valence-electron chi connectivity index (χ1n) is 53.0. The largest absolute Gasteiger partial charge is 0.490 e. The zero-order valence-corrected chi connectivity index (χ0v) is 83.4. The van der Waals surface area contributed by atoms with E-state index in [2.05, 4.69) is 48.5 Å². The van der Waals surface area contributed by atoms with Crippen molar-refractivity contribution in [2.24, 2.45) is 47.3 Å². The molecule has 0 spiro atoms. The minimum Gasteiger partial charge on any atom is -0.490 e. The highest BCUT2D eigenvalue weighted by Crippen LogP contribution is 2.44. The van der Waals surface area contributed by atoms with E-state index < -0.39 is 48.0 Å². The van der Waals surface area contributed by atoms with Gasteiger partial charge in [-0.25, -0.2) is 0 Å². The van der Waals surface area contributed by atoms with Crippen molar-refractivity contribution in [2.45, 2.75) is 242 Å². The van der Waals surface area contributed by atoms with Crippen molar-refractivity contribution in [1.29, 1.82) is 0 Å². The predicted molar refractivity (Wildman–Crippen MR) is 540 cm³/mol. The number of likely N-dealkylation sites (tertiary alicyclic amines) is 8. The minimum absolute atomic E-state index is 0.128. The summed E-state index contributed by atoms with van der Waals surface area (Å²) in [7, 11) is 0. The number of pyridine rings is 4. The van der Waals surface area contributed by atoms with E-state index in [9.17, 15) is 58.8 Å². The topological polar surface area (TPSA) is 313 Å². The van der Waals surface area contributed by atoms with Gasteiger partial charge in [-0.2, -0.15) is 0 Å². The molecule has 4 aromatic heterocycles. The lowest BCUT2D eigenvalue weighted by atomic mass is 9.88. The maximum absolute atomic E-state index is 13.2. The summed E-state index contributed by atoms with van der Waals surface area (Å²) in [6, 6.07) is 43.7. The van der Waals surface area contributed by atoms with E-state index in [4.69, 9.17) is 52.6 Å². The average Bonchev–Trinajstić information content (AvgIpc) is 1.26. The van der Waals surface area contributed by atoms with Gasteiger partial charge in [-0.3, -0.25) is 77.9 Å². The maximum Gasteiger partial charge on any atom is 0.325 e. The molecule has 142 heavy (non-hydrogen) atoms. The van der Waals surface area contributed by atoms with Crippen LogP contribution in [0.15, 0.2) is 146 Å². The lowest BCUT2D eigenvalue weighted by Gasteiger charge is -2.44. The molecule has 4 atom stereocenters. The van der Waals surface area contributed by atoms with E-state index in [0.717, 1.165) is 206 Å². The van der Waals surface area contributed by atoms with Crippen LogP contribution in [0.2, 0.25) is 10.0 Å². The van der Waals surface area contributed by atoms with Gasteiger partial charge < -0.3 is 49.5 Å². The molecule has 28 heteroatoms. The number of carboxylic acids is 4. The minimum atomic E-state index is -0.935. The molecule has 4 N–H and O–H groups in total. The number of amides is 4. The zero-order chi connectivity index (χ0) is 98.0. The molecule has 8 saturated heterocycles. The van der Waals surface area contributed by atoms with Crippen LogP contribution < -0.4 is 9.47 Å². The Hall–Kier alpha value is -10.7. The van der Waals surface area contributed by atoms with E-state index in [1.54, 1.807) is 48.5 Å². The van der Waals surface area contributed by atoms with Crippen LogP contribution in [-0.4, -0.2) is 244 Å². The first-order valence-corrected chi connectivity index (χ1v) is 53.8. The molecule has 8 aliphatic heterocycles. The molecule has 4 amide bonds. The number of carbonyl (C=O) groups is 8. The van der Waals surface area contributed by atoms with Crippen LogP contribution in [0.5, 0.6) is 11.5 Å². The van der Waals surface area contributed by atoms with Crippen LogP contribution in [-0.2, 0) is 115 Å². The Morgan fingerprint density at radius 1 is 0.282 bits per heavy atom. The molecule has 14 aliphatic rings. The Kier molecular flexibility index (Phi) is 32.5. The van der Waals surface area contributed by atoms with Crippen molar-refractivity contribution >= 4 is 70.7 Å². The van der Waals surface area contributed by atoms with Gasteiger partial charge in [0.2, 0.25) is 23.6 Å². The smallest absolute Gasteiger partial charge is 0.325 e. The van der Waals surface area contributed by atoms with Crippen LogP contribution in [0, 0.1) is 47.3 Å². The molecule has 26 nitrogen and oxygen atoms in total. The summed E-state index contributed by atoms with van der Waals surface area (Å²) in [4.78, 5) is 136. The van der Waals surface area contributed by atoms with Gasteiger partial charge in [-0.15, -0.1) is 0 Å². The fourth-order valence-corrected chi connectivity index (χ4v) is 24.3. The summed E-state index contributed by atoms with van der Waals surface area (Å²) in [6.07, 6.45) is 35.6. The number of aromatic nitrogens is 4. The molecule has 0 unspecified atom stereocenters. The molecule has 0 radical (unpaired) electrons. The Bertz CT molecular complexity index is 5470. The van der Waals surface area contributed by atoms with Gasteiger partial charge in [-0.05, 0) is 311 Å². The monoisotopic (exact) mass is 1970 g/mol. The van der Waals surface area contributed by atoms with Gasteiger partial charge in [0.1, 0.15) is 35.7 Å². The van der Waals surface area contributed by atoms with Crippen molar-refractivity contribution in [3.8, 4) is 11.5 Å². The second-order valence-electron chi connectivity index (χ2n) is 42.7. The summed E-state index contributed by atoms with van der Waals surface area (Å²) in [6.45, 7) is 9.98. The number of hydrogen-bond donors (Lipinski definition) is 4. The predicted octanol–water partition coefficient (Wildman–Crippen LogP) is 16.4. The van der Waals surface area contributed by atoms with Crippen LogP contribution in [0.3, 0.4) is 0 Å². The number of hydrogen-bond acceptors (Lipinski definition) is 18. The molecule has 4 aromatic carbocycles. The Morgan fingerprint density at radius 2 is 0.500 bits per heavy atom. The van der Waals surface area contributed by atoms with Gasteiger partial charge >= 0.3 is 23.9 Å². The standard InChI is InChI=1S/2C30H37N3O4.2C27H32ClN3O3/c2*34-29(32-15-13-20(14-16-32)17-23-10-9-21-5-1-3-7-26(21)31-23)22-18-33(19-22)28(30(35)36)25-6-2-4-8-27(25)37-24-11-12-24;2*28-23-7-3-2-6-22(23)25(27(33)34)31-16-20(17-31)26(32)30-13-11-18(12-14-30)15-21-10-9-19-5-1-4-8-24(19)29-21/h2*2,4,6,8-10,20,22,24,28H,1,3,5,7,11-19H2,(H,35,36);2*2-3,6-7,9-10,18,20,25H,1,4-5,8,11-17H2,(H,33,34)/t2*28-;2*25-/m1010/s1. The van der Waals surface area contributed by atoms with Crippen molar-refractivity contribution < 1.29 is 68.3 Å². The Morgan fingerprint density at radius 3 is 0.732 bits per heavy atom. The quantitative estimate of drug-likeness (QED) is 0.0354. The fraction of sp³-hybridized carbons (Fsp3) is 0.544. The number of fused-ring (bicyclic) bond motifs is 4. The fourth-order valence-electron chi connectivity index (χ4n) is 23.8. The number of benzene rings is 4. The van der Waals surface area contributed by atoms with E-state index in [1.807, 2.05) is 87.7 Å². The number of nitrogens with zero attached hydrogens (tertiary/aromatic N) is 12. The molecule has 2 saturated carbocycles. The second-order valence-corrected chi connectivity index (χ2v) is 43.5. The zero-order valence-electron chi connectivity index (χ0n) is 81.9. The third-order valence-corrected chi connectivity index (χ3v) is 33.2. The summed E-state index contributed by atoms with van der Waals surface area (Å²) < 4.78 is 12.0. The molecule has 6 aliphatic carbocycles. The number of carbonyl (C=O) groups excluding carboxylic acids is 4. The van der Waals surface area contributed by atoms with Gasteiger partial charge in [0.15, 0.2) is 0 Å². The van der Waals surface area contributed by atoms with Gasteiger partial charge in [0.25, 0.3) is 0 Å². The number of rotatable bonds is 28. The number of aryl methyl sites for hydroxylation is 8. The lowest BCUT2D eigenvalue weighted by molar-refractivity contribution is -0.153. The number of halogens is 2. The molecule has 0 bridgehead atoms. The highest BCUT2D eigenvalue weighted by molar-refractivity contribution is 6.32. The summed E-state index contributed by atoms with van der Waals surface area (Å²) in [5.74, 6) is 0.0451. The highest BCUT2D eigenvalue weighted by atomic mass is 35.5. The van der Waals surface area contributed by atoms with E-state index in [1.165, 1.54) is 119 Å². The van der Waals surface area contributed by atoms with Crippen molar-refractivity contribution in [1.82, 2.24) is 59.1 Å². The van der Waals surface area contributed by atoms with Crippen LogP contribution >= 0.6 is 23.2 Å². The normalized spacial score (nSPS) is 21.1. The Balaban J connectivity index is 0.000000120. The van der Waals surface area contributed by atoms with Gasteiger partial charge in [0, 0.05) is 171 Å². The van der Waals surface area contributed by atoms with Crippen LogP contribution in [0.4, 0.5) is 0 Å². The summed E-state index contributed by atoms with van der Waals surface area (Å²) in [5, 5.41) is 40.5. The molecular weight excluding hydrogens is 1830 g/mol. The maximum atomic E-state index is 13.2. The molecule has 752 valence electrons. The Labute approximate surface area is 844 Å². The highest BCUT2D eigenvalue weighted by Gasteiger charge is 2.49. The molecule has 22 rings (SSSR count). The first kappa shape index (κ1) is 100.0. The first-order chi connectivity index (χ1) is 69.1. The SMILES string of the molecule is O=C(O)[C@@H](c1ccccc1Cl)N1CC(C(=O)N2CCC(Cc3ccc4c(n3)CCCC4)CC2)C1.O=C(O)[C@@H](c1ccccc1OC1CC1)N1CC(C(=O)N2CCC(Cc3ccc4c(n3)CCCC4)CC2)C1.O=C(O)[C@H](c1ccccc1Cl)N1CC(C(=O)N2CCC(Cc3ccc4c(n3)CCCC4)CC2)C1.O=C(O)[C@H](c1ccccc1OC1CC1)N1CC(C(=O)N2CCC(Cc3ccc4c(n3)CCCC4)CC2)C1. The third kappa shape index (κ3) is 24.4. The average molecular weight is 1970 g/mol. The number of para-hydroxylation sites is 2. The molecule has 10 fully saturated rings. The van der Waals surface area contributed by atoms with Gasteiger partial charge in [-0.1, -0.05) is 120 Å².